The van der Waals surface area contributed by atoms with E-state index in [-0.39, 0.29) is 11.6 Å². The predicted molar refractivity (Wildman–Crippen MR) is 85.4 cm³/mol. The minimum Gasteiger partial charge on any atom is -0.387 e. The number of nitro benzene ring substituents is 1. The molecular formula is C15H15N3O3S. The first-order chi connectivity index (χ1) is 10.6. The molecule has 114 valence electrons. The number of nitro groups is 1. The van der Waals surface area contributed by atoms with Gasteiger partial charge in [-0.3, -0.25) is 14.9 Å². The molecule has 2 heterocycles. The molecular weight excluding hydrogens is 302 g/mol. The maximum absolute atomic E-state index is 12.8. The molecule has 3 rings (SSSR count). The molecule has 2 aromatic rings. The Morgan fingerprint density at radius 3 is 2.95 bits per heavy atom. The number of hydrogen-bond donors (Lipinski definition) is 1. The van der Waals surface area contributed by atoms with Crippen LogP contribution in [-0.2, 0) is 13.0 Å². The molecule has 0 saturated carbocycles. The highest BCUT2D eigenvalue weighted by atomic mass is 32.1. The van der Waals surface area contributed by atoms with Crippen molar-refractivity contribution in [2.24, 2.45) is 0 Å². The summed E-state index contributed by atoms with van der Waals surface area (Å²) in [6.45, 7) is 1.20. The summed E-state index contributed by atoms with van der Waals surface area (Å²) in [6.07, 6.45) is 0.836. The number of thiophene rings is 1. The highest BCUT2D eigenvalue weighted by Crippen LogP contribution is 2.28. The molecule has 1 aliphatic heterocycles. The van der Waals surface area contributed by atoms with Crippen LogP contribution in [0.4, 0.5) is 11.4 Å². The molecule has 22 heavy (non-hydrogen) atoms. The van der Waals surface area contributed by atoms with Crippen molar-refractivity contribution in [3.05, 3.63) is 55.8 Å². The predicted octanol–water partition coefficient (Wildman–Crippen LogP) is 2.90. The zero-order valence-electron chi connectivity index (χ0n) is 12.0. The van der Waals surface area contributed by atoms with Crippen LogP contribution in [-0.4, -0.2) is 29.3 Å². The van der Waals surface area contributed by atoms with Crippen LogP contribution in [0.25, 0.3) is 0 Å². The summed E-state index contributed by atoms with van der Waals surface area (Å²) in [5.41, 5.74) is 2.04. The highest BCUT2D eigenvalue weighted by molar-refractivity contribution is 7.10. The molecule has 1 aromatic heterocycles. The van der Waals surface area contributed by atoms with E-state index >= 15 is 0 Å². The molecule has 7 heteroatoms. The standard InChI is InChI=1S/C15H15N3O3S/c1-16-13-3-2-11(18(20)21)8-12(13)15(19)17-6-4-14-10(9-17)5-7-22-14/h2-3,5,7-8,16H,4,6,9H2,1H3. The van der Waals surface area contributed by atoms with Gasteiger partial charge in [0, 0.05) is 42.8 Å². The van der Waals surface area contributed by atoms with E-state index in [0.717, 1.165) is 6.42 Å². The summed E-state index contributed by atoms with van der Waals surface area (Å²) in [4.78, 5) is 26.3. The monoisotopic (exact) mass is 317 g/mol. The number of amides is 1. The molecule has 1 aliphatic rings. The first-order valence-electron chi connectivity index (χ1n) is 6.91. The van der Waals surface area contributed by atoms with Crippen molar-refractivity contribution in [2.45, 2.75) is 13.0 Å². The van der Waals surface area contributed by atoms with E-state index < -0.39 is 4.92 Å². The Kier molecular flexibility index (Phi) is 3.81. The third kappa shape index (κ3) is 2.55. The van der Waals surface area contributed by atoms with Crippen molar-refractivity contribution in [1.82, 2.24) is 4.90 Å². The average molecular weight is 317 g/mol. The molecule has 1 amide bonds. The van der Waals surface area contributed by atoms with E-state index in [4.69, 9.17) is 0 Å². The third-order valence-electron chi connectivity index (χ3n) is 3.81. The third-order valence-corrected chi connectivity index (χ3v) is 4.83. The van der Waals surface area contributed by atoms with Crippen LogP contribution in [0.15, 0.2) is 29.6 Å². The van der Waals surface area contributed by atoms with Gasteiger partial charge in [0.1, 0.15) is 0 Å². The van der Waals surface area contributed by atoms with Crippen molar-refractivity contribution in [3.8, 4) is 0 Å². The van der Waals surface area contributed by atoms with E-state index in [2.05, 4.69) is 5.32 Å². The number of carbonyl (C=O) groups is 1. The molecule has 0 unspecified atom stereocenters. The van der Waals surface area contributed by atoms with Gasteiger partial charge < -0.3 is 10.2 Å². The van der Waals surface area contributed by atoms with Gasteiger partial charge in [-0.15, -0.1) is 11.3 Å². The summed E-state index contributed by atoms with van der Waals surface area (Å²) < 4.78 is 0. The van der Waals surface area contributed by atoms with Gasteiger partial charge in [0.2, 0.25) is 0 Å². The Hall–Kier alpha value is -2.41. The van der Waals surface area contributed by atoms with Gasteiger partial charge in [0.15, 0.2) is 0 Å². The highest BCUT2D eigenvalue weighted by Gasteiger charge is 2.25. The Labute approximate surface area is 131 Å². The van der Waals surface area contributed by atoms with Gasteiger partial charge >= 0.3 is 0 Å². The molecule has 0 fully saturated rings. The fourth-order valence-electron chi connectivity index (χ4n) is 2.63. The van der Waals surface area contributed by atoms with E-state index in [1.54, 1.807) is 29.4 Å². The molecule has 0 bridgehead atoms. The maximum atomic E-state index is 12.8. The first-order valence-corrected chi connectivity index (χ1v) is 7.79. The van der Waals surface area contributed by atoms with Crippen molar-refractivity contribution in [1.29, 1.82) is 0 Å². The smallest absolute Gasteiger partial charge is 0.270 e. The van der Waals surface area contributed by atoms with Crippen molar-refractivity contribution in [2.75, 3.05) is 18.9 Å². The lowest BCUT2D eigenvalue weighted by atomic mass is 10.1. The largest absolute Gasteiger partial charge is 0.387 e. The van der Waals surface area contributed by atoms with E-state index in [1.807, 2.05) is 11.4 Å². The maximum Gasteiger partial charge on any atom is 0.270 e. The van der Waals surface area contributed by atoms with E-state index in [9.17, 15) is 14.9 Å². The van der Waals surface area contributed by atoms with Gasteiger partial charge in [-0.2, -0.15) is 0 Å². The number of rotatable bonds is 3. The van der Waals surface area contributed by atoms with E-state index in [1.165, 1.54) is 22.6 Å². The van der Waals surface area contributed by atoms with Gasteiger partial charge in [-0.05, 0) is 29.5 Å². The molecule has 0 aliphatic carbocycles. The van der Waals surface area contributed by atoms with Gasteiger partial charge in [0.05, 0.1) is 10.5 Å². The van der Waals surface area contributed by atoms with Gasteiger partial charge in [0.25, 0.3) is 11.6 Å². The summed E-state index contributed by atoms with van der Waals surface area (Å²) in [5, 5.41) is 15.9. The van der Waals surface area contributed by atoms with Crippen molar-refractivity contribution < 1.29 is 9.72 Å². The summed E-state index contributed by atoms with van der Waals surface area (Å²) >= 11 is 1.71. The Balaban J connectivity index is 1.92. The second-order valence-electron chi connectivity index (χ2n) is 5.08. The minimum absolute atomic E-state index is 0.0735. The zero-order valence-corrected chi connectivity index (χ0v) is 12.9. The number of non-ortho nitro benzene ring substituents is 1. The number of hydrogen-bond acceptors (Lipinski definition) is 5. The van der Waals surface area contributed by atoms with Crippen molar-refractivity contribution in [3.63, 3.8) is 0 Å². The number of benzene rings is 1. The summed E-state index contributed by atoms with van der Waals surface area (Å²) in [6, 6.07) is 6.35. The van der Waals surface area contributed by atoms with Crippen LogP contribution in [0.1, 0.15) is 20.8 Å². The Morgan fingerprint density at radius 1 is 1.41 bits per heavy atom. The lowest BCUT2D eigenvalue weighted by Gasteiger charge is -2.27. The normalized spacial score (nSPS) is 13.6. The average Bonchev–Trinajstić information content (AvgIpc) is 3.00. The number of carbonyl (C=O) groups excluding carboxylic acids is 1. The second-order valence-corrected chi connectivity index (χ2v) is 6.08. The molecule has 0 atom stereocenters. The molecule has 0 spiro atoms. The van der Waals surface area contributed by atoms with Gasteiger partial charge in [-0.1, -0.05) is 0 Å². The fraction of sp³-hybridized carbons (Fsp3) is 0.267. The van der Waals surface area contributed by atoms with Crippen LogP contribution >= 0.6 is 11.3 Å². The quantitative estimate of drug-likeness (QED) is 0.697. The molecule has 1 N–H and O–H groups in total. The van der Waals surface area contributed by atoms with Crippen LogP contribution in [0.2, 0.25) is 0 Å². The van der Waals surface area contributed by atoms with Crippen molar-refractivity contribution >= 4 is 28.6 Å². The minimum atomic E-state index is -0.483. The number of nitrogens with zero attached hydrogens (tertiary/aromatic N) is 2. The summed E-state index contributed by atoms with van der Waals surface area (Å²) in [5.74, 6) is -0.176. The Morgan fingerprint density at radius 2 is 2.23 bits per heavy atom. The van der Waals surface area contributed by atoms with Gasteiger partial charge in [-0.25, -0.2) is 0 Å². The lowest BCUT2D eigenvalue weighted by Crippen LogP contribution is -2.35. The lowest BCUT2D eigenvalue weighted by molar-refractivity contribution is -0.384. The SMILES string of the molecule is CNc1ccc([N+](=O)[O-])cc1C(=O)N1CCc2sccc2C1. The van der Waals surface area contributed by atoms with Crippen LogP contribution in [0.3, 0.4) is 0 Å². The Bertz CT molecular complexity index is 741. The number of anilines is 1. The molecule has 0 saturated heterocycles. The number of nitrogens with one attached hydrogen (secondary N) is 1. The molecule has 1 aromatic carbocycles. The van der Waals surface area contributed by atoms with Crippen LogP contribution in [0.5, 0.6) is 0 Å². The fourth-order valence-corrected chi connectivity index (χ4v) is 3.52. The molecule has 0 radical (unpaired) electrons. The topological polar surface area (TPSA) is 75.5 Å². The number of fused-ring (bicyclic) bond motifs is 1. The summed E-state index contributed by atoms with van der Waals surface area (Å²) in [7, 11) is 1.70. The van der Waals surface area contributed by atoms with Crippen LogP contribution in [0, 0.1) is 10.1 Å². The first kappa shape index (κ1) is 14.5. The zero-order chi connectivity index (χ0) is 15.7. The molecule has 6 nitrogen and oxygen atoms in total. The van der Waals surface area contributed by atoms with E-state index in [0.29, 0.717) is 24.3 Å². The second kappa shape index (κ2) is 5.76. The van der Waals surface area contributed by atoms with Crippen LogP contribution < -0.4 is 5.32 Å².